The van der Waals surface area contributed by atoms with Crippen molar-refractivity contribution in [1.29, 1.82) is 0 Å². The van der Waals surface area contributed by atoms with Gasteiger partial charge in [0, 0.05) is 18.8 Å². The molecule has 2 nitrogen and oxygen atoms in total. The van der Waals surface area contributed by atoms with Crippen LogP contribution >= 0.6 is 0 Å². The summed E-state index contributed by atoms with van der Waals surface area (Å²) in [6.07, 6.45) is 11.7. The summed E-state index contributed by atoms with van der Waals surface area (Å²) in [5.41, 5.74) is 2.59. The zero-order valence-corrected chi connectivity index (χ0v) is 12.5. The number of rotatable bonds is 10. The van der Waals surface area contributed by atoms with Crippen LogP contribution in [0, 0.1) is 0 Å². The van der Waals surface area contributed by atoms with Crippen molar-refractivity contribution in [2.75, 3.05) is 19.8 Å². The van der Waals surface area contributed by atoms with Gasteiger partial charge in [0.05, 0.1) is 6.61 Å². The van der Waals surface area contributed by atoms with Gasteiger partial charge in [0.2, 0.25) is 0 Å². The standard InChI is InChI=1S/C16H29NO/c1-5-10-15(7-3)14-18-13-9-12-17-16(8-4)11-6-2/h5,7,10-11,17H,6,8-9,12-14H2,1-4H3/b10-5-,15-7+,16-11-. The number of nitrogens with one attached hydrogen (secondary N) is 1. The van der Waals surface area contributed by atoms with Crippen LogP contribution in [0.5, 0.6) is 0 Å². The van der Waals surface area contributed by atoms with Gasteiger partial charge in [0.15, 0.2) is 0 Å². The van der Waals surface area contributed by atoms with Gasteiger partial charge in [-0.1, -0.05) is 38.2 Å². The van der Waals surface area contributed by atoms with Gasteiger partial charge in [-0.2, -0.15) is 0 Å². The molecule has 0 spiro atoms. The molecule has 0 bridgehead atoms. The van der Waals surface area contributed by atoms with Gasteiger partial charge >= 0.3 is 0 Å². The second-order valence-electron chi connectivity index (χ2n) is 4.19. The van der Waals surface area contributed by atoms with Gasteiger partial charge < -0.3 is 10.1 Å². The minimum Gasteiger partial charge on any atom is -0.389 e. The van der Waals surface area contributed by atoms with Crippen molar-refractivity contribution in [3.05, 3.63) is 35.6 Å². The lowest BCUT2D eigenvalue weighted by Gasteiger charge is -2.09. The van der Waals surface area contributed by atoms with Gasteiger partial charge in [-0.3, -0.25) is 0 Å². The molecule has 0 radical (unpaired) electrons. The first kappa shape index (κ1) is 17.0. The summed E-state index contributed by atoms with van der Waals surface area (Å²) in [4.78, 5) is 0. The fourth-order valence-corrected chi connectivity index (χ4v) is 1.64. The quantitative estimate of drug-likeness (QED) is 0.464. The molecule has 0 atom stereocenters. The lowest BCUT2D eigenvalue weighted by molar-refractivity contribution is 0.155. The molecule has 1 N–H and O–H groups in total. The minimum atomic E-state index is 0.715. The van der Waals surface area contributed by atoms with Crippen LogP contribution in [0.3, 0.4) is 0 Å². The Kier molecular flexibility index (Phi) is 11.7. The maximum Gasteiger partial charge on any atom is 0.0713 e. The molecule has 0 aromatic rings. The van der Waals surface area contributed by atoms with Crippen LogP contribution in [-0.2, 0) is 4.74 Å². The van der Waals surface area contributed by atoms with E-state index in [1.807, 2.05) is 19.9 Å². The first-order valence-corrected chi connectivity index (χ1v) is 7.06. The van der Waals surface area contributed by atoms with Gasteiger partial charge in [-0.05, 0) is 38.7 Å². The van der Waals surface area contributed by atoms with Crippen LogP contribution < -0.4 is 5.32 Å². The third kappa shape index (κ3) is 9.06. The first-order valence-electron chi connectivity index (χ1n) is 7.06. The summed E-state index contributed by atoms with van der Waals surface area (Å²) in [6, 6.07) is 0. The Hall–Kier alpha value is -1.02. The van der Waals surface area contributed by atoms with E-state index >= 15 is 0 Å². The summed E-state index contributed by atoms with van der Waals surface area (Å²) in [6.45, 7) is 10.9. The molecule has 0 rings (SSSR count). The Balaban J connectivity index is 3.60. The topological polar surface area (TPSA) is 21.3 Å². The van der Waals surface area contributed by atoms with Gasteiger partial charge in [-0.25, -0.2) is 0 Å². The summed E-state index contributed by atoms with van der Waals surface area (Å²) in [7, 11) is 0. The summed E-state index contributed by atoms with van der Waals surface area (Å²) >= 11 is 0. The normalized spacial score (nSPS) is 13.3. The second kappa shape index (κ2) is 12.4. The molecule has 0 saturated heterocycles. The van der Waals surface area contributed by atoms with Crippen LogP contribution in [0.2, 0.25) is 0 Å². The number of ether oxygens (including phenoxy) is 1. The number of hydrogen-bond acceptors (Lipinski definition) is 2. The van der Waals surface area contributed by atoms with Crippen molar-refractivity contribution in [2.24, 2.45) is 0 Å². The van der Waals surface area contributed by atoms with Crippen molar-refractivity contribution < 1.29 is 4.74 Å². The highest BCUT2D eigenvalue weighted by Gasteiger charge is 1.94. The highest BCUT2D eigenvalue weighted by molar-refractivity contribution is 5.17. The third-order valence-corrected chi connectivity index (χ3v) is 2.67. The molecule has 0 unspecified atom stereocenters. The van der Waals surface area contributed by atoms with Crippen LogP contribution in [0.25, 0.3) is 0 Å². The lowest BCUT2D eigenvalue weighted by Crippen LogP contribution is -2.16. The van der Waals surface area contributed by atoms with E-state index in [9.17, 15) is 0 Å². The highest BCUT2D eigenvalue weighted by Crippen LogP contribution is 2.00. The van der Waals surface area contributed by atoms with Crippen molar-refractivity contribution in [1.82, 2.24) is 5.32 Å². The molecule has 0 heterocycles. The van der Waals surface area contributed by atoms with Crippen LogP contribution in [0.4, 0.5) is 0 Å². The molecular weight excluding hydrogens is 222 g/mol. The van der Waals surface area contributed by atoms with E-state index in [2.05, 4.69) is 37.4 Å². The molecule has 104 valence electrons. The zero-order chi connectivity index (χ0) is 13.6. The largest absolute Gasteiger partial charge is 0.389 e. The van der Waals surface area contributed by atoms with Crippen molar-refractivity contribution in [3.8, 4) is 0 Å². The molecule has 0 aromatic heterocycles. The van der Waals surface area contributed by atoms with Crippen LogP contribution in [0.1, 0.15) is 47.0 Å². The van der Waals surface area contributed by atoms with Gasteiger partial charge in [0.25, 0.3) is 0 Å². The number of hydrogen-bond donors (Lipinski definition) is 1. The van der Waals surface area contributed by atoms with E-state index in [0.717, 1.165) is 32.4 Å². The fourth-order valence-electron chi connectivity index (χ4n) is 1.64. The molecule has 0 fully saturated rings. The average Bonchev–Trinajstić information content (AvgIpc) is 2.39. The third-order valence-electron chi connectivity index (χ3n) is 2.67. The number of allylic oxidation sites excluding steroid dienone is 4. The van der Waals surface area contributed by atoms with Gasteiger partial charge in [-0.15, -0.1) is 0 Å². The van der Waals surface area contributed by atoms with E-state index in [-0.39, 0.29) is 0 Å². The fraction of sp³-hybridized carbons (Fsp3) is 0.625. The van der Waals surface area contributed by atoms with Crippen molar-refractivity contribution in [3.63, 3.8) is 0 Å². The molecular formula is C16H29NO. The summed E-state index contributed by atoms with van der Waals surface area (Å²) in [5.74, 6) is 0. The Bertz CT molecular complexity index is 277. The maximum atomic E-state index is 5.64. The van der Waals surface area contributed by atoms with Gasteiger partial charge in [0.1, 0.15) is 0 Å². The average molecular weight is 251 g/mol. The first-order chi connectivity index (χ1) is 8.78. The SMILES string of the molecule is C/C=C\C(=C/C)COCCCN/C(=C\CC)CC. The maximum absolute atomic E-state index is 5.64. The predicted molar refractivity (Wildman–Crippen MR) is 80.7 cm³/mol. The van der Waals surface area contributed by atoms with Crippen molar-refractivity contribution >= 4 is 0 Å². The lowest BCUT2D eigenvalue weighted by atomic mass is 10.2. The Morgan fingerprint density at radius 2 is 2.00 bits per heavy atom. The summed E-state index contributed by atoms with van der Waals surface area (Å²) in [5, 5.41) is 3.45. The Morgan fingerprint density at radius 1 is 1.22 bits per heavy atom. The smallest absolute Gasteiger partial charge is 0.0713 e. The Labute approximate surface area is 113 Å². The predicted octanol–water partition coefficient (Wildman–Crippen LogP) is 4.21. The zero-order valence-electron chi connectivity index (χ0n) is 12.5. The van der Waals surface area contributed by atoms with E-state index in [0.29, 0.717) is 6.61 Å². The second-order valence-corrected chi connectivity index (χ2v) is 4.19. The molecule has 0 aliphatic carbocycles. The molecule has 0 aliphatic heterocycles. The molecule has 0 amide bonds. The molecule has 18 heavy (non-hydrogen) atoms. The molecule has 2 heteroatoms. The monoisotopic (exact) mass is 251 g/mol. The summed E-state index contributed by atoms with van der Waals surface area (Å²) < 4.78 is 5.64. The molecule has 0 aliphatic rings. The van der Waals surface area contributed by atoms with E-state index in [1.165, 1.54) is 11.3 Å². The molecule has 0 aromatic carbocycles. The Morgan fingerprint density at radius 3 is 2.56 bits per heavy atom. The highest BCUT2D eigenvalue weighted by atomic mass is 16.5. The van der Waals surface area contributed by atoms with E-state index in [4.69, 9.17) is 4.74 Å². The van der Waals surface area contributed by atoms with Crippen LogP contribution in [0.15, 0.2) is 35.6 Å². The molecule has 0 saturated carbocycles. The van der Waals surface area contributed by atoms with Crippen molar-refractivity contribution in [2.45, 2.75) is 47.0 Å². The van der Waals surface area contributed by atoms with E-state index in [1.54, 1.807) is 0 Å². The van der Waals surface area contributed by atoms with Crippen LogP contribution in [-0.4, -0.2) is 19.8 Å². The minimum absolute atomic E-state index is 0.715. The van der Waals surface area contributed by atoms with E-state index < -0.39 is 0 Å².